The molecular weight excluding hydrogens is 312 g/mol. The zero-order valence-corrected chi connectivity index (χ0v) is 15.5. The average Bonchev–Trinajstić information content (AvgIpc) is 3.00. The summed E-state index contributed by atoms with van der Waals surface area (Å²) in [5.41, 5.74) is 2.82. The van der Waals surface area contributed by atoms with Crippen LogP contribution in [0, 0.1) is 24.2 Å². The van der Waals surface area contributed by atoms with Gasteiger partial charge in [0.15, 0.2) is 0 Å². The summed E-state index contributed by atoms with van der Waals surface area (Å²) in [6, 6.07) is 6.35. The van der Waals surface area contributed by atoms with E-state index in [1.807, 2.05) is 38.6 Å². The highest BCUT2D eigenvalue weighted by Crippen LogP contribution is 2.35. The standard InChI is InChI=1S/C19H26N6/c1-14-7-8-15(10-20)19(22-14)24(3)12-16-6-5-9-23(2)18(16)17-11-21-13-25(17)4/h7-8,11,13,16,18H,5-6,9,12H2,1-4H3/t16-,18+/m0/s1. The average molecular weight is 338 g/mol. The lowest BCUT2D eigenvalue weighted by atomic mass is 9.87. The Morgan fingerprint density at radius 2 is 2.16 bits per heavy atom. The molecule has 6 nitrogen and oxygen atoms in total. The molecule has 25 heavy (non-hydrogen) atoms. The Kier molecular flexibility index (Phi) is 5.05. The molecule has 2 aromatic heterocycles. The van der Waals surface area contributed by atoms with Gasteiger partial charge in [-0.15, -0.1) is 0 Å². The summed E-state index contributed by atoms with van der Waals surface area (Å²) in [4.78, 5) is 13.5. The third-order valence-corrected chi connectivity index (χ3v) is 5.17. The van der Waals surface area contributed by atoms with Crippen LogP contribution >= 0.6 is 0 Å². The van der Waals surface area contributed by atoms with Crippen LogP contribution in [-0.2, 0) is 7.05 Å². The largest absolute Gasteiger partial charge is 0.358 e. The van der Waals surface area contributed by atoms with Gasteiger partial charge in [-0.1, -0.05) is 0 Å². The first-order chi connectivity index (χ1) is 12.0. The summed E-state index contributed by atoms with van der Waals surface area (Å²) >= 11 is 0. The number of aryl methyl sites for hydroxylation is 2. The summed E-state index contributed by atoms with van der Waals surface area (Å²) in [6.45, 7) is 3.93. The predicted octanol–water partition coefficient (Wildman–Crippen LogP) is 2.51. The second-order valence-electron chi connectivity index (χ2n) is 7.07. The lowest BCUT2D eigenvalue weighted by molar-refractivity contribution is 0.118. The van der Waals surface area contributed by atoms with E-state index in [1.54, 1.807) is 0 Å². The Bertz CT molecular complexity index is 774. The molecule has 0 amide bonds. The second-order valence-corrected chi connectivity index (χ2v) is 7.07. The highest BCUT2D eigenvalue weighted by Gasteiger charge is 2.33. The monoisotopic (exact) mass is 338 g/mol. The second kappa shape index (κ2) is 7.24. The van der Waals surface area contributed by atoms with E-state index in [1.165, 1.54) is 12.1 Å². The molecule has 0 unspecified atom stereocenters. The van der Waals surface area contributed by atoms with Crippen molar-refractivity contribution in [2.24, 2.45) is 13.0 Å². The predicted molar refractivity (Wildman–Crippen MR) is 98.3 cm³/mol. The number of hydrogen-bond donors (Lipinski definition) is 0. The normalized spacial score (nSPS) is 21.1. The first-order valence-electron chi connectivity index (χ1n) is 8.76. The van der Waals surface area contributed by atoms with Crippen molar-refractivity contribution in [2.75, 3.05) is 32.1 Å². The molecule has 2 atom stereocenters. The van der Waals surface area contributed by atoms with Crippen LogP contribution in [0.2, 0.25) is 0 Å². The van der Waals surface area contributed by atoms with Crippen molar-refractivity contribution in [3.05, 3.63) is 41.6 Å². The summed E-state index contributed by atoms with van der Waals surface area (Å²) in [5.74, 6) is 1.24. The number of aromatic nitrogens is 3. The van der Waals surface area contributed by atoms with Crippen molar-refractivity contribution >= 4 is 5.82 Å². The molecule has 0 N–H and O–H groups in total. The van der Waals surface area contributed by atoms with Gasteiger partial charge in [0.1, 0.15) is 11.9 Å². The third kappa shape index (κ3) is 3.52. The fraction of sp³-hybridized carbons (Fsp3) is 0.526. The number of nitrogens with zero attached hydrogens (tertiary/aromatic N) is 6. The van der Waals surface area contributed by atoms with Crippen LogP contribution in [0.5, 0.6) is 0 Å². The van der Waals surface area contributed by atoms with E-state index < -0.39 is 0 Å². The lowest BCUT2D eigenvalue weighted by Gasteiger charge is -2.41. The quantitative estimate of drug-likeness (QED) is 0.857. The van der Waals surface area contributed by atoms with Crippen LogP contribution in [0.1, 0.15) is 35.8 Å². The molecule has 132 valence electrons. The molecule has 0 spiro atoms. The van der Waals surface area contributed by atoms with E-state index in [0.717, 1.165) is 31.0 Å². The van der Waals surface area contributed by atoms with Crippen LogP contribution in [0.4, 0.5) is 5.82 Å². The minimum atomic E-state index is 0.332. The molecule has 0 aromatic carbocycles. The molecule has 0 aliphatic carbocycles. The van der Waals surface area contributed by atoms with Crippen molar-refractivity contribution in [1.82, 2.24) is 19.4 Å². The smallest absolute Gasteiger partial charge is 0.146 e. The van der Waals surface area contributed by atoms with Crippen molar-refractivity contribution in [1.29, 1.82) is 5.26 Å². The van der Waals surface area contributed by atoms with Crippen LogP contribution < -0.4 is 4.90 Å². The van der Waals surface area contributed by atoms with Gasteiger partial charge in [0.25, 0.3) is 0 Å². The van der Waals surface area contributed by atoms with Crippen molar-refractivity contribution in [3.63, 3.8) is 0 Å². The van der Waals surface area contributed by atoms with Crippen LogP contribution in [0.25, 0.3) is 0 Å². The van der Waals surface area contributed by atoms with Gasteiger partial charge in [-0.3, -0.25) is 4.90 Å². The van der Waals surface area contributed by atoms with E-state index in [-0.39, 0.29) is 0 Å². The van der Waals surface area contributed by atoms with Gasteiger partial charge in [-0.2, -0.15) is 5.26 Å². The summed E-state index contributed by atoms with van der Waals surface area (Å²) in [7, 11) is 6.29. The highest BCUT2D eigenvalue weighted by atomic mass is 15.2. The number of nitriles is 1. The Hall–Kier alpha value is -2.39. The first-order valence-corrected chi connectivity index (χ1v) is 8.76. The molecule has 3 heterocycles. The van der Waals surface area contributed by atoms with Crippen molar-refractivity contribution in [2.45, 2.75) is 25.8 Å². The zero-order valence-electron chi connectivity index (χ0n) is 15.5. The number of hydrogen-bond acceptors (Lipinski definition) is 5. The number of rotatable bonds is 4. The number of piperidine rings is 1. The summed E-state index contributed by atoms with van der Waals surface area (Å²) in [5, 5.41) is 9.41. The van der Waals surface area contributed by atoms with E-state index in [2.05, 4.69) is 44.5 Å². The SMILES string of the molecule is Cc1ccc(C#N)c(N(C)C[C@@H]2CCCN(C)[C@H]2c2cncn2C)n1. The maximum atomic E-state index is 9.41. The van der Waals surface area contributed by atoms with E-state index >= 15 is 0 Å². The zero-order chi connectivity index (χ0) is 18.0. The van der Waals surface area contributed by atoms with E-state index in [9.17, 15) is 5.26 Å². The molecule has 1 aliphatic heterocycles. The van der Waals surface area contributed by atoms with E-state index in [0.29, 0.717) is 17.5 Å². The lowest BCUT2D eigenvalue weighted by Crippen LogP contribution is -2.42. The Morgan fingerprint density at radius 1 is 1.36 bits per heavy atom. The van der Waals surface area contributed by atoms with E-state index in [4.69, 9.17) is 0 Å². The fourth-order valence-corrected chi connectivity index (χ4v) is 3.93. The summed E-state index contributed by atoms with van der Waals surface area (Å²) in [6.07, 6.45) is 6.20. The molecule has 6 heteroatoms. The molecule has 1 fully saturated rings. The van der Waals surface area contributed by atoms with Crippen molar-refractivity contribution in [3.8, 4) is 6.07 Å². The molecule has 1 aliphatic rings. The number of imidazole rings is 1. The molecule has 1 saturated heterocycles. The first kappa shape index (κ1) is 17.4. The van der Waals surface area contributed by atoms with Crippen LogP contribution in [0.15, 0.2) is 24.7 Å². The molecule has 0 saturated carbocycles. The Morgan fingerprint density at radius 3 is 2.84 bits per heavy atom. The molecule has 0 radical (unpaired) electrons. The van der Waals surface area contributed by atoms with Crippen LogP contribution in [0.3, 0.4) is 0 Å². The molecule has 3 rings (SSSR count). The van der Waals surface area contributed by atoms with Gasteiger partial charge in [0, 0.05) is 32.5 Å². The van der Waals surface area contributed by atoms with Gasteiger partial charge < -0.3 is 9.47 Å². The number of pyridine rings is 1. The summed E-state index contributed by atoms with van der Waals surface area (Å²) < 4.78 is 2.12. The van der Waals surface area contributed by atoms with Gasteiger partial charge in [0.05, 0.1) is 23.6 Å². The highest BCUT2D eigenvalue weighted by molar-refractivity contribution is 5.53. The van der Waals surface area contributed by atoms with Gasteiger partial charge in [-0.05, 0) is 51.4 Å². The fourth-order valence-electron chi connectivity index (χ4n) is 3.93. The minimum absolute atomic E-state index is 0.332. The van der Waals surface area contributed by atoms with Crippen LogP contribution in [-0.4, -0.2) is 46.6 Å². The third-order valence-electron chi connectivity index (χ3n) is 5.17. The molecule has 0 bridgehead atoms. The molecular formula is C19H26N6. The maximum Gasteiger partial charge on any atom is 0.146 e. The molecule has 2 aromatic rings. The number of likely N-dealkylation sites (tertiary alicyclic amines) is 1. The topological polar surface area (TPSA) is 61.0 Å². The maximum absolute atomic E-state index is 9.41. The minimum Gasteiger partial charge on any atom is -0.358 e. The van der Waals surface area contributed by atoms with Crippen molar-refractivity contribution < 1.29 is 0 Å². The van der Waals surface area contributed by atoms with Gasteiger partial charge in [0.2, 0.25) is 0 Å². The Labute approximate surface area is 149 Å². The Balaban J connectivity index is 1.86. The van der Waals surface area contributed by atoms with Gasteiger partial charge >= 0.3 is 0 Å². The van der Waals surface area contributed by atoms with Gasteiger partial charge in [-0.25, -0.2) is 9.97 Å². The number of anilines is 1.